The van der Waals surface area contributed by atoms with Crippen LogP contribution in [0.25, 0.3) is 0 Å². The fraction of sp³-hybridized carbons (Fsp3) is 0.650. The van der Waals surface area contributed by atoms with Gasteiger partial charge in [0.05, 0.1) is 19.3 Å². The van der Waals surface area contributed by atoms with Crippen molar-refractivity contribution in [3.8, 4) is 0 Å². The van der Waals surface area contributed by atoms with Crippen molar-refractivity contribution in [2.45, 2.75) is 31.6 Å². The van der Waals surface area contributed by atoms with Crippen LogP contribution < -0.4 is 10.6 Å². The first-order chi connectivity index (χ1) is 12.4. The lowest BCUT2D eigenvalue weighted by Gasteiger charge is -2.35. The second-order valence-electron chi connectivity index (χ2n) is 7.35. The van der Waals surface area contributed by atoms with Crippen molar-refractivity contribution in [2.75, 3.05) is 52.7 Å². The fourth-order valence-corrected chi connectivity index (χ4v) is 3.13. The summed E-state index contributed by atoms with van der Waals surface area (Å²) in [6.45, 7) is 11.8. The Morgan fingerprint density at radius 3 is 2.41 bits per heavy atom. The second kappa shape index (κ2) is 12.1. The van der Waals surface area contributed by atoms with Gasteiger partial charge in [-0.3, -0.25) is 9.89 Å². The van der Waals surface area contributed by atoms with Crippen molar-refractivity contribution in [1.82, 2.24) is 15.5 Å². The van der Waals surface area contributed by atoms with Gasteiger partial charge in [-0.15, -0.1) is 24.0 Å². The molecule has 0 amide bonds. The molecule has 0 radical (unpaired) electrons. The largest absolute Gasteiger partial charge is 0.379 e. The summed E-state index contributed by atoms with van der Waals surface area (Å²) in [5, 5.41) is 6.98. The van der Waals surface area contributed by atoms with Gasteiger partial charge in [0, 0.05) is 38.0 Å². The number of thioether (sulfide) groups is 1. The minimum atomic E-state index is 0. The van der Waals surface area contributed by atoms with E-state index >= 15 is 0 Å². The van der Waals surface area contributed by atoms with Crippen LogP contribution in [0.2, 0.25) is 0 Å². The molecule has 7 heteroatoms. The van der Waals surface area contributed by atoms with Crippen LogP contribution in [0.15, 0.2) is 29.3 Å². The third kappa shape index (κ3) is 8.17. The van der Waals surface area contributed by atoms with Gasteiger partial charge in [-0.05, 0) is 32.6 Å². The number of benzene rings is 1. The number of aryl methyl sites for hydroxylation is 1. The van der Waals surface area contributed by atoms with E-state index in [9.17, 15) is 0 Å². The van der Waals surface area contributed by atoms with Crippen LogP contribution in [0.1, 0.15) is 31.0 Å². The molecule has 0 aromatic heterocycles. The van der Waals surface area contributed by atoms with Gasteiger partial charge in [0.2, 0.25) is 0 Å². The molecule has 2 N–H and O–H groups in total. The van der Waals surface area contributed by atoms with E-state index in [1.807, 2.05) is 18.8 Å². The van der Waals surface area contributed by atoms with Crippen LogP contribution in [0.5, 0.6) is 0 Å². The Kier molecular flexibility index (Phi) is 11.0. The lowest BCUT2D eigenvalue weighted by Crippen LogP contribution is -2.48. The Labute approximate surface area is 186 Å². The molecular weight excluding hydrogens is 471 g/mol. The zero-order valence-corrected chi connectivity index (χ0v) is 20.4. The van der Waals surface area contributed by atoms with Crippen molar-refractivity contribution < 1.29 is 4.74 Å². The van der Waals surface area contributed by atoms with Crippen molar-refractivity contribution in [3.05, 3.63) is 35.4 Å². The molecule has 1 aromatic rings. The van der Waals surface area contributed by atoms with Crippen molar-refractivity contribution in [1.29, 1.82) is 0 Å². The highest BCUT2D eigenvalue weighted by atomic mass is 127. The first kappa shape index (κ1) is 24.5. The van der Waals surface area contributed by atoms with E-state index in [0.717, 1.165) is 45.4 Å². The predicted octanol–water partition coefficient (Wildman–Crippen LogP) is 3.29. The van der Waals surface area contributed by atoms with Gasteiger partial charge in [0.1, 0.15) is 0 Å². The third-order valence-electron chi connectivity index (χ3n) is 4.87. The maximum absolute atomic E-state index is 5.54. The van der Waals surface area contributed by atoms with Gasteiger partial charge < -0.3 is 15.4 Å². The fourth-order valence-electron chi connectivity index (χ4n) is 2.92. The molecule has 1 heterocycles. The second-order valence-corrected chi connectivity index (χ2v) is 8.86. The number of ether oxygens (including phenoxy) is 1. The lowest BCUT2D eigenvalue weighted by atomic mass is 10.0. The number of guanidine groups is 1. The van der Waals surface area contributed by atoms with Crippen LogP contribution in [0.4, 0.5) is 0 Å². The topological polar surface area (TPSA) is 48.9 Å². The van der Waals surface area contributed by atoms with Crippen LogP contribution >= 0.6 is 35.7 Å². The highest BCUT2D eigenvalue weighted by molar-refractivity contribution is 14.0. The molecule has 1 atom stereocenters. The highest BCUT2D eigenvalue weighted by Crippen LogP contribution is 2.22. The summed E-state index contributed by atoms with van der Waals surface area (Å²) in [4.78, 5) is 6.89. The number of nitrogens with zero attached hydrogens (tertiary/aromatic N) is 2. The van der Waals surface area contributed by atoms with Crippen molar-refractivity contribution in [2.24, 2.45) is 4.99 Å². The van der Waals surface area contributed by atoms with Gasteiger partial charge >= 0.3 is 0 Å². The summed E-state index contributed by atoms with van der Waals surface area (Å²) >= 11 is 1.86. The number of hydrogen-bond acceptors (Lipinski definition) is 4. The van der Waals surface area contributed by atoms with E-state index in [0.29, 0.717) is 6.04 Å². The summed E-state index contributed by atoms with van der Waals surface area (Å²) < 4.78 is 5.72. The van der Waals surface area contributed by atoms with Crippen molar-refractivity contribution in [3.63, 3.8) is 0 Å². The molecule has 0 bridgehead atoms. The lowest BCUT2D eigenvalue weighted by molar-refractivity contribution is 0.0170. The van der Waals surface area contributed by atoms with Gasteiger partial charge in [0.15, 0.2) is 5.96 Å². The number of aliphatic imine (C=N–C) groups is 1. The molecule has 1 unspecified atom stereocenters. The quantitative estimate of drug-likeness (QED) is 0.338. The number of hydrogen-bond donors (Lipinski definition) is 2. The van der Waals surface area contributed by atoms with E-state index < -0.39 is 0 Å². The maximum Gasteiger partial charge on any atom is 0.191 e. The number of morpholine rings is 1. The van der Waals surface area contributed by atoms with Crippen LogP contribution in [-0.4, -0.2) is 68.3 Å². The number of rotatable bonds is 7. The average molecular weight is 506 g/mol. The maximum atomic E-state index is 5.54. The molecule has 1 fully saturated rings. The Bertz CT molecular complexity index is 574. The van der Waals surface area contributed by atoms with E-state index in [2.05, 4.69) is 71.8 Å². The molecule has 0 aliphatic carbocycles. The predicted molar refractivity (Wildman–Crippen MR) is 129 cm³/mol. The molecule has 0 saturated carbocycles. The zero-order chi connectivity index (χ0) is 19.0. The Morgan fingerprint density at radius 2 is 1.85 bits per heavy atom. The normalized spacial score (nSPS) is 17.1. The molecule has 5 nitrogen and oxygen atoms in total. The molecule has 1 saturated heterocycles. The molecule has 1 aliphatic rings. The Balaban J connectivity index is 0.00000364. The Morgan fingerprint density at radius 1 is 1.22 bits per heavy atom. The van der Waals surface area contributed by atoms with E-state index in [1.54, 1.807) is 0 Å². The minimum Gasteiger partial charge on any atom is -0.379 e. The molecule has 2 rings (SSSR count). The molecule has 1 aliphatic heterocycles. The van der Waals surface area contributed by atoms with Gasteiger partial charge in [-0.2, -0.15) is 11.8 Å². The van der Waals surface area contributed by atoms with E-state index in [4.69, 9.17) is 4.74 Å². The van der Waals surface area contributed by atoms with Crippen LogP contribution in [-0.2, 0) is 4.74 Å². The molecule has 1 aromatic carbocycles. The number of nitrogens with one attached hydrogen (secondary N) is 2. The van der Waals surface area contributed by atoms with Gasteiger partial charge in [0.25, 0.3) is 0 Å². The van der Waals surface area contributed by atoms with Crippen LogP contribution in [0, 0.1) is 6.92 Å². The highest BCUT2D eigenvalue weighted by Gasteiger charge is 2.23. The molecule has 154 valence electrons. The molecule has 0 spiro atoms. The average Bonchev–Trinajstić information content (AvgIpc) is 2.66. The monoisotopic (exact) mass is 506 g/mol. The van der Waals surface area contributed by atoms with E-state index in [1.165, 1.54) is 11.1 Å². The van der Waals surface area contributed by atoms with Gasteiger partial charge in [-0.1, -0.05) is 29.8 Å². The first-order valence-electron chi connectivity index (χ1n) is 9.33. The summed E-state index contributed by atoms with van der Waals surface area (Å²) in [6, 6.07) is 9.17. The number of halogens is 1. The van der Waals surface area contributed by atoms with Crippen LogP contribution in [0.3, 0.4) is 0 Å². The first-order valence-corrected chi connectivity index (χ1v) is 10.6. The molecular formula is C20H35IN4OS. The minimum absolute atomic E-state index is 0. The SMILES string of the molecule is CN=C(NCC(c1ccc(C)cc1)N1CCOCC1)NCC(C)(C)SC.I. The standard InChI is InChI=1S/C20H34N4OS.HI/c1-16-6-8-17(9-7-16)18(24-10-12-25-13-11-24)14-22-19(21-4)23-15-20(2,3)26-5;/h6-9,18H,10-15H2,1-5H3,(H2,21,22,23);1H. The van der Waals surface area contributed by atoms with Crippen molar-refractivity contribution >= 4 is 41.7 Å². The zero-order valence-electron chi connectivity index (χ0n) is 17.2. The molecule has 27 heavy (non-hydrogen) atoms. The summed E-state index contributed by atoms with van der Waals surface area (Å²) in [7, 11) is 1.83. The summed E-state index contributed by atoms with van der Waals surface area (Å²) in [5.74, 6) is 0.859. The smallest absolute Gasteiger partial charge is 0.191 e. The summed E-state index contributed by atoms with van der Waals surface area (Å²) in [5.41, 5.74) is 2.63. The van der Waals surface area contributed by atoms with Gasteiger partial charge in [-0.25, -0.2) is 0 Å². The Hall–Kier alpha value is -0.510. The van der Waals surface area contributed by atoms with E-state index in [-0.39, 0.29) is 28.7 Å². The third-order valence-corrected chi connectivity index (χ3v) is 6.12. The summed E-state index contributed by atoms with van der Waals surface area (Å²) in [6.07, 6.45) is 2.14.